The van der Waals surface area contributed by atoms with Crippen LogP contribution in [0.1, 0.15) is 37.8 Å². The molecule has 1 aromatic rings. The van der Waals surface area contributed by atoms with Gasteiger partial charge in [-0.3, -0.25) is 4.79 Å². The Hall–Kier alpha value is -1.51. The van der Waals surface area contributed by atoms with Crippen molar-refractivity contribution in [2.75, 3.05) is 26.8 Å². The van der Waals surface area contributed by atoms with Crippen LogP contribution in [-0.2, 0) is 16.1 Å². The van der Waals surface area contributed by atoms with Gasteiger partial charge in [0.2, 0.25) is 0 Å². The quantitative estimate of drug-likeness (QED) is 0.255. The van der Waals surface area contributed by atoms with Crippen LogP contribution in [0.15, 0.2) is 23.2 Å². The smallest absolute Gasteiger partial charge is 0.307 e. The second kappa shape index (κ2) is 13.7. The molecule has 6 nitrogen and oxygen atoms in total. The Morgan fingerprint density at radius 2 is 2.00 bits per heavy atom. The highest BCUT2D eigenvalue weighted by Crippen LogP contribution is 2.21. The number of benzene rings is 1. The molecule has 0 spiro atoms. The Bertz CT molecular complexity index is 550. The lowest BCUT2D eigenvalue weighted by atomic mass is 10.1. The summed E-state index contributed by atoms with van der Waals surface area (Å²) in [6, 6.07) is 6.14. The van der Waals surface area contributed by atoms with Crippen molar-refractivity contribution in [1.82, 2.24) is 10.6 Å². The normalized spacial score (nSPS) is 10.6. The monoisotopic (exact) mass is 463 g/mol. The summed E-state index contributed by atoms with van der Waals surface area (Å²) in [5.74, 6) is 1.31. The number of aliphatic imine (C=N–C) groups is 1. The maximum atomic E-state index is 11.2. The van der Waals surface area contributed by atoms with E-state index in [1.165, 1.54) is 7.11 Å². The van der Waals surface area contributed by atoms with Crippen molar-refractivity contribution in [2.45, 2.75) is 40.2 Å². The third kappa shape index (κ3) is 9.52. The zero-order valence-corrected chi connectivity index (χ0v) is 17.9. The number of hydrogen-bond donors (Lipinski definition) is 2. The number of guanidine groups is 1. The van der Waals surface area contributed by atoms with Crippen molar-refractivity contribution in [1.29, 1.82) is 0 Å². The predicted octanol–water partition coefficient (Wildman–Crippen LogP) is 3.02. The van der Waals surface area contributed by atoms with E-state index in [1.807, 2.05) is 26.0 Å². The van der Waals surface area contributed by atoms with E-state index in [4.69, 9.17) is 4.74 Å². The molecule has 0 aromatic heterocycles. The number of carbonyl (C=O) groups excluding carboxylic acids is 1. The van der Waals surface area contributed by atoms with E-state index < -0.39 is 0 Å². The number of rotatable bonds is 9. The first-order chi connectivity index (χ1) is 11.6. The number of hydrogen-bond acceptors (Lipinski definition) is 4. The SMILES string of the molecule is CCCOc1cc(C)ccc1CN=C(NCC)NCCC(=O)OC.I. The maximum absolute atomic E-state index is 11.2. The molecule has 0 saturated carbocycles. The zero-order valence-electron chi connectivity index (χ0n) is 15.6. The summed E-state index contributed by atoms with van der Waals surface area (Å²) >= 11 is 0. The highest BCUT2D eigenvalue weighted by Gasteiger charge is 2.06. The molecule has 0 bridgehead atoms. The number of halogens is 1. The van der Waals surface area contributed by atoms with Gasteiger partial charge in [-0.2, -0.15) is 0 Å². The lowest BCUT2D eigenvalue weighted by Gasteiger charge is -2.13. The molecule has 2 N–H and O–H groups in total. The van der Waals surface area contributed by atoms with E-state index in [2.05, 4.69) is 33.4 Å². The maximum Gasteiger partial charge on any atom is 0.307 e. The van der Waals surface area contributed by atoms with Gasteiger partial charge in [0, 0.05) is 18.7 Å². The largest absolute Gasteiger partial charge is 0.493 e. The number of carbonyl (C=O) groups is 1. The summed E-state index contributed by atoms with van der Waals surface area (Å²) in [6.07, 6.45) is 1.27. The molecule has 0 unspecified atom stereocenters. The highest BCUT2D eigenvalue weighted by atomic mass is 127. The fraction of sp³-hybridized carbons (Fsp3) is 0.556. The average molecular weight is 463 g/mol. The van der Waals surface area contributed by atoms with Crippen molar-refractivity contribution in [3.05, 3.63) is 29.3 Å². The minimum atomic E-state index is -0.243. The van der Waals surface area contributed by atoms with Gasteiger partial charge >= 0.3 is 5.97 Å². The van der Waals surface area contributed by atoms with Crippen molar-refractivity contribution in [3.8, 4) is 5.75 Å². The fourth-order valence-electron chi connectivity index (χ4n) is 2.03. The topological polar surface area (TPSA) is 72.0 Å². The van der Waals surface area contributed by atoms with E-state index in [9.17, 15) is 4.79 Å². The van der Waals surface area contributed by atoms with Crippen LogP contribution in [0.4, 0.5) is 0 Å². The summed E-state index contributed by atoms with van der Waals surface area (Å²) in [5.41, 5.74) is 2.20. The number of aryl methyl sites for hydroxylation is 1. The minimum Gasteiger partial charge on any atom is -0.493 e. The molecule has 25 heavy (non-hydrogen) atoms. The van der Waals surface area contributed by atoms with Crippen LogP contribution in [0.5, 0.6) is 5.75 Å². The van der Waals surface area contributed by atoms with Crippen LogP contribution in [0, 0.1) is 6.92 Å². The molecule has 0 fully saturated rings. The molecule has 0 heterocycles. The zero-order chi connectivity index (χ0) is 17.8. The van der Waals surface area contributed by atoms with Crippen LogP contribution in [0.2, 0.25) is 0 Å². The first-order valence-electron chi connectivity index (χ1n) is 8.42. The number of esters is 1. The molecule has 0 aliphatic carbocycles. The van der Waals surface area contributed by atoms with Crippen LogP contribution in [-0.4, -0.2) is 38.7 Å². The molecule has 1 rings (SSSR count). The number of ether oxygens (including phenoxy) is 2. The molecule has 0 aliphatic rings. The molecule has 0 atom stereocenters. The summed E-state index contributed by atoms with van der Waals surface area (Å²) < 4.78 is 10.4. The Kier molecular flexibility index (Phi) is 12.9. The van der Waals surface area contributed by atoms with Crippen molar-refractivity contribution >= 4 is 35.9 Å². The molecule has 142 valence electrons. The first-order valence-corrected chi connectivity index (χ1v) is 8.42. The van der Waals surface area contributed by atoms with E-state index in [-0.39, 0.29) is 29.9 Å². The van der Waals surface area contributed by atoms with Crippen LogP contribution >= 0.6 is 24.0 Å². The van der Waals surface area contributed by atoms with Gasteiger partial charge in [0.1, 0.15) is 5.75 Å². The first kappa shape index (κ1) is 23.5. The molecule has 0 radical (unpaired) electrons. The summed E-state index contributed by atoms with van der Waals surface area (Å²) in [6.45, 7) is 8.55. The Labute approximate surface area is 167 Å². The standard InChI is InChI=1S/C18H29N3O3.HI/c1-5-11-24-16-12-14(3)7-8-15(16)13-21-18(19-6-2)20-10-9-17(22)23-4;/h7-8,12H,5-6,9-11,13H2,1-4H3,(H2,19,20,21);1H. The van der Waals surface area contributed by atoms with Crippen LogP contribution in [0.3, 0.4) is 0 Å². The third-order valence-electron chi connectivity index (χ3n) is 3.29. The molecule has 0 amide bonds. The Morgan fingerprint density at radius 1 is 1.24 bits per heavy atom. The number of nitrogens with zero attached hydrogens (tertiary/aromatic N) is 1. The van der Waals surface area contributed by atoms with Crippen molar-refractivity contribution < 1.29 is 14.3 Å². The predicted molar refractivity (Wildman–Crippen MR) is 112 cm³/mol. The lowest BCUT2D eigenvalue weighted by molar-refractivity contribution is -0.140. The second-order valence-corrected chi connectivity index (χ2v) is 5.41. The van der Waals surface area contributed by atoms with E-state index in [0.717, 1.165) is 29.8 Å². The van der Waals surface area contributed by atoms with Gasteiger partial charge in [-0.1, -0.05) is 19.1 Å². The summed E-state index contributed by atoms with van der Waals surface area (Å²) in [5, 5.41) is 6.29. The Morgan fingerprint density at radius 3 is 2.64 bits per heavy atom. The summed E-state index contributed by atoms with van der Waals surface area (Å²) in [4.78, 5) is 15.7. The van der Waals surface area contributed by atoms with Gasteiger partial charge in [0.15, 0.2) is 5.96 Å². The van der Waals surface area contributed by atoms with Crippen LogP contribution in [0.25, 0.3) is 0 Å². The average Bonchev–Trinajstić information content (AvgIpc) is 2.58. The molecule has 0 aliphatic heterocycles. The van der Waals surface area contributed by atoms with Gasteiger partial charge in [-0.05, 0) is 31.9 Å². The van der Waals surface area contributed by atoms with Crippen molar-refractivity contribution in [2.24, 2.45) is 4.99 Å². The number of nitrogens with one attached hydrogen (secondary N) is 2. The third-order valence-corrected chi connectivity index (χ3v) is 3.29. The number of methoxy groups -OCH3 is 1. The molecular formula is C18H30IN3O3. The highest BCUT2D eigenvalue weighted by molar-refractivity contribution is 14.0. The second-order valence-electron chi connectivity index (χ2n) is 5.41. The summed E-state index contributed by atoms with van der Waals surface area (Å²) in [7, 11) is 1.39. The lowest BCUT2D eigenvalue weighted by Crippen LogP contribution is -2.38. The van der Waals surface area contributed by atoms with E-state index >= 15 is 0 Å². The van der Waals surface area contributed by atoms with Gasteiger partial charge in [0.05, 0.1) is 26.7 Å². The minimum absolute atomic E-state index is 0. The van der Waals surface area contributed by atoms with Gasteiger partial charge in [-0.25, -0.2) is 4.99 Å². The molecule has 0 saturated heterocycles. The molecular weight excluding hydrogens is 433 g/mol. The van der Waals surface area contributed by atoms with Gasteiger partial charge in [-0.15, -0.1) is 24.0 Å². The molecule has 7 heteroatoms. The Balaban J connectivity index is 0.00000576. The van der Waals surface area contributed by atoms with Gasteiger partial charge < -0.3 is 20.1 Å². The van der Waals surface area contributed by atoms with E-state index in [0.29, 0.717) is 32.1 Å². The molecule has 1 aromatic carbocycles. The fourth-order valence-corrected chi connectivity index (χ4v) is 2.03. The van der Waals surface area contributed by atoms with Crippen LogP contribution < -0.4 is 15.4 Å². The van der Waals surface area contributed by atoms with Gasteiger partial charge in [0.25, 0.3) is 0 Å². The van der Waals surface area contributed by atoms with E-state index in [1.54, 1.807) is 0 Å². The van der Waals surface area contributed by atoms with Crippen molar-refractivity contribution in [3.63, 3.8) is 0 Å².